The fourth-order valence-electron chi connectivity index (χ4n) is 2.59. The number of methoxy groups -OCH3 is 1. The van der Waals surface area contributed by atoms with E-state index in [2.05, 4.69) is 5.92 Å². The van der Waals surface area contributed by atoms with E-state index in [-0.39, 0.29) is 6.61 Å². The van der Waals surface area contributed by atoms with Crippen molar-refractivity contribution in [2.75, 3.05) is 20.3 Å². The average Bonchev–Trinajstić information content (AvgIpc) is 2.82. The highest BCUT2D eigenvalue weighted by Gasteiger charge is 2.53. The molecule has 0 atom stereocenters. The highest BCUT2D eigenvalue weighted by atomic mass is 19.1. The molecular weight excluding hydrogens is 334 g/mol. The molecular formula is C20H26BFO4. The quantitative estimate of drug-likeness (QED) is 0.418. The van der Waals surface area contributed by atoms with E-state index in [1.165, 1.54) is 0 Å². The Balaban J connectivity index is 2.31. The maximum absolute atomic E-state index is 15.3. The van der Waals surface area contributed by atoms with Crippen LogP contribution in [0.4, 0.5) is 4.39 Å². The van der Waals surface area contributed by atoms with Gasteiger partial charge in [-0.15, -0.1) is 6.42 Å². The van der Waals surface area contributed by atoms with Crippen LogP contribution in [0.3, 0.4) is 0 Å². The number of halogens is 1. The third-order valence-corrected chi connectivity index (χ3v) is 4.87. The number of terminal acetylenes is 1. The summed E-state index contributed by atoms with van der Waals surface area (Å²) < 4.78 is 37.5. The Labute approximate surface area is 155 Å². The molecule has 140 valence electrons. The van der Waals surface area contributed by atoms with Crippen LogP contribution in [0.15, 0.2) is 30.0 Å². The largest absolute Gasteiger partial charge is 0.525 e. The van der Waals surface area contributed by atoms with E-state index in [1.807, 2.05) is 27.7 Å². The smallest absolute Gasteiger partial charge is 0.497 e. The molecule has 0 saturated carbocycles. The van der Waals surface area contributed by atoms with Gasteiger partial charge in [0.25, 0.3) is 0 Å². The Bertz CT molecular complexity index is 673. The highest BCUT2D eigenvalue weighted by Crippen LogP contribution is 2.40. The Morgan fingerprint density at radius 3 is 2.23 bits per heavy atom. The van der Waals surface area contributed by atoms with Crippen molar-refractivity contribution in [2.45, 2.75) is 45.3 Å². The maximum Gasteiger partial charge on any atom is 0.525 e. The second-order valence-corrected chi connectivity index (χ2v) is 7.15. The van der Waals surface area contributed by atoms with Crippen LogP contribution in [-0.4, -0.2) is 38.6 Å². The third-order valence-electron chi connectivity index (χ3n) is 4.87. The molecule has 6 heteroatoms. The third kappa shape index (κ3) is 4.48. The first-order chi connectivity index (χ1) is 12.2. The number of rotatable bonds is 7. The normalized spacial score (nSPS) is 19.0. The Morgan fingerprint density at radius 2 is 1.73 bits per heavy atom. The average molecular weight is 360 g/mol. The number of ether oxygens (including phenoxy) is 2. The van der Waals surface area contributed by atoms with Crippen LogP contribution < -0.4 is 4.74 Å². The van der Waals surface area contributed by atoms with Gasteiger partial charge in [-0.25, -0.2) is 4.39 Å². The summed E-state index contributed by atoms with van der Waals surface area (Å²) in [5.41, 5.74) is -0.469. The first-order valence-corrected chi connectivity index (χ1v) is 8.61. The molecule has 0 amide bonds. The van der Waals surface area contributed by atoms with Crippen LogP contribution in [0.2, 0.25) is 0 Å². The van der Waals surface area contributed by atoms with Crippen molar-refractivity contribution in [3.05, 3.63) is 35.6 Å². The van der Waals surface area contributed by atoms with E-state index >= 15 is 4.39 Å². The van der Waals surface area contributed by atoms with E-state index < -0.39 is 24.0 Å². The van der Waals surface area contributed by atoms with Gasteiger partial charge in [0.1, 0.15) is 18.1 Å². The molecule has 1 aromatic rings. The summed E-state index contributed by atoms with van der Waals surface area (Å²) >= 11 is 0. The first-order valence-electron chi connectivity index (χ1n) is 8.61. The minimum Gasteiger partial charge on any atom is -0.497 e. The summed E-state index contributed by atoms with van der Waals surface area (Å²) in [4.78, 5) is 0. The topological polar surface area (TPSA) is 36.9 Å². The maximum atomic E-state index is 15.3. The fourth-order valence-corrected chi connectivity index (χ4v) is 2.59. The van der Waals surface area contributed by atoms with Crippen LogP contribution in [0.1, 0.15) is 39.7 Å². The molecule has 1 aliphatic rings. The SMILES string of the molecule is C#CCOCCC(=C(F)B1OC(C)(C)C(C)(C)O1)c1ccc(OC)cc1. The lowest BCUT2D eigenvalue weighted by Gasteiger charge is -2.32. The van der Waals surface area contributed by atoms with Gasteiger partial charge in [0.05, 0.1) is 24.9 Å². The molecule has 0 bridgehead atoms. The predicted molar refractivity (Wildman–Crippen MR) is 101 cm³/mol. The number of hydrogen-bond donors (Lipinski definition) is 0. The van der Waals surface area contributed by atoms with E-state index in [4.69, 9.17) is 25.2 Å². The Kier molecular flexibility index (Phi) is 6.51. The second-order valence-electron chi connectivity index (χ2n) is 7.15. The van der Waals surface area contributed by atoms with Gasteiger partial charge < -0.3 is 18.8 Å². The second kappa shape index (κ2) is 8.26. The van der Waals surface area contributed by atoms with Crippen LogP contribution in [0, 0.1) is 12.3 Å². The molecule has 1 fully saturated rings. The summed E-state index contributed by atoms with van der Waals surface area (Å²) in [6, 6.07) is 7.19. The summed E-state index contributed by atoms with van der Waals surface area (Å²) in [6.45, 7) is 8.06. The summed E-state index contributed by atoms with van der Waals surface area (Å²) in [5.74, 6) is 3.11. The minimum absolute atomic E-state index is 0.188. The van der Waals surface area contributed by atoms with Gasteiger partial charge in [0.2, 0.25) is 0 Å². The van der Waals surface area contributed by atoms with Crippen molar-refractivity contribution in [1.29, 1.82) is 0 Å². The standard InChI is InChI=1S/C20H26BFO4/c1-7-13-24-14-12-17(15-8-10-16(23-6)11-9-15)18(22)21-25-19(2,3)20(4,5)26-21/h1,8-11H,12-14H2,2-6H3. The van der Waals surface area contributed by atoms with Gasteiger partial charge in [0, 0.05) is 0 Å². The first kappa shape index (κ1) is 20.5. The highest BCUT2D eigenvalue weighted by molar-refractivity contribution is 6.55. The van der Waals surface area contributed by atoms with Crippen molar-refractivity contribution < 1.29 is 23.2 Å². The van der Waals surface area contributed by atoms with E-state index in [1.54, 1.807) is 31.4 Å². The lowest BCUT2D eigenvalue weighted by molar-refractivity contribution is 0.00578. The zero-order valence-corrected chi connectivity index (χ0v) is 16.1. The van der Waals surface area contributed by atoms with Gasteiger partial charge in [-0.05, 0) is 57.4 Å². The molecule has 0 unspecified atom stereocenters. The van der Waals surface area contributed by atoms with Gasteiger partial charge in [0.15, 0.2) is 0 Å². The lowest BCUT2D eigenvalue weighted by Crippen LogP contribution is -2.41. The molecule has 4 nitrogen and oxygen atoms in total. The van der Waals surface area contributed by atoms with Crippen LogP contribution >= 0.6 is 0 Å². The predicted octanol–water partition coefficient (Wildman–Crippen LogP) is 4.05. The van der Waals surface area contributed by atoms with E-state index in [0.717, 1.165) is 5.56 Å². The van der Waals surface area contributed by atoms with Gasteiger partial charge in [-0.3, -0.25) is 0 Å². The van der Waals surface area contributed by atoms with Gasteiger partial charge in [-0.1, -0.05) is 18.1 Å². The van der Waals surface area contributed by atoms with Gasteiger partial charge >= 0.3 is 7.12 Å². The molecule has 0 aromatic heterocycles. The van der Waals surface area contributed by atoms with Crippen molar-refractivity contribution >= 4 is 12.7 Å². The van der Waals surface area contributed by atoms with Crippen LogP contribution in [0.5, 0.6) is 5.75 Å². The molecule has 1 aliphatic heterocycles. The molecule has 1 heterocycles. The molecule has 2 rings (SSSR count). The summed E-state index contributed by atoms with van der Waals surface area (Å²) in [7, 11) is 0.537. The molecule has 1 aromatic carbocycles. The molecule has 26 heavy (non-hydrogen) atoms. The summed E-state index contributed by atoms with van der Waals surface area (Å²) in [5, 5.41) is 0. The molecule has 0 aliphatic carbocycles. The monoisotopic (exact) mass is 360 g/mol. The van der Waals surface area contributed by atoms with E-state index in [9.17, 15) is 0 Å². The minimum atomic E-state index is -1.05. The number of hydrogen-bond acceptors (Lipinski definition) is 4. The Hall–Kier alpha value is -1.81. The van der Waals surface area contributed by atoms with Crippen molar-refractivity contribution in [1.82, 2.24) is 0 Å². The number of benzene rings is 1. The van der Waals surface area contributed by atoms with Crippen molar-refractivity contribution in [3.8, 4) is 18.1 Å². The molecule has 1 saturated heterocycles. The molecule has 0 spiro atoms. The van der Waals surface area contributed by atoms with Crippen LogP contribution in [0.25, 0.3) is 5.57 Å². The van der Waals surface area contributed by atoms with Crippen molar-refractivity contribution in [3.63, 3.8) is 0 Å². The fraction of sp³-hybridized carbons (Fsp3) is 0.500. The molecule has 0 radical (unpaired) electrons. The zero-order valence-electron chi connectivity index (χ0n) is 16.1. The lowest BCUT2D eigenvalue weighted by atomic mass is 9.82. The molecule has 0 N–H and O–H groups in total. The Morgan fingerprint density at radius 1 is 1.15 bits per heavy atom. The van der Waals surface area contributed by atoms with Gasteiger partial charge in [-0.2, -0.15) is 0 Å². The zero-order chi connectivity index (χ0) is 19.4. The van der Waals surface area contributed by atoms with Crippen LogP contribution in [-0.2, 0) is 14.0 Å². The van der Waals surface area contributed by atoms with Crippen molar-refractivity contribution in [2.24, 2.45) is 0 Å². The summed E-state index contributed by atoms with van der Waals surface area (Å²) in [6.07, 6.45) is 5.54. The van der Waals surface area contributed by atoms with E-state index in [0.29, 0.717) is 24.4 Å².